The monoisotopic (exact) mass is 462 g/mol. The summed E-state index contributed by atoms with van der Waals surface area (Å²) in [5, 5.41) is 17.8. The van der Waals surface area contributed by atoms with Crippen LogP contribution in [0.4, 0.5) is 0 Å². The molecule has 0 aromatic rings. The predicted octanol–water partition coefficient (Wildman–Crippen LogP) is 2.51. The Bertz CT molecular complexity index is 446. The largest absolute Gasteiger partial charge is 2.00 e. The van der Waals surface area contributed by atoms with Crippen molar-refractivity contribution < 1.29 is 19.8 Å². The van der Waals surface area contributed by atoms with E-state index in [0.29, 0.717) is 0 Å². The van der Waals surface area contributed by atoms with E-state index in [1.807, 2.05) is 0 Å². The van der Waals surface area contributed by atoms with Crippen LogP contribution in [-0.4, -0.2) is 86.5 Å². The van der Waals surface area contributed by atoms with Crippen molar-refractivity contribution >= 4 is 55.9 Å². The summed E-state index contributed by atoms with van der Waals surface area (Å²) >= 11 is 0. The van der Waals surface area contributed by atoms with Crippen molar-refractivity contribution in [2.45, 2.75) is 103 Å². The number of aliphatic carboxylic acids is 2. The van der Waals surface area contributed by atoms with Crippen LogP contribution in [0.1, 0.15) is 97.3 Å². The Hall–Kier alpha value is -0.430. The van der Waals surface area contributed by atoms with Gasteiger partial charge in [0.25, 0.3) is 0 Å². The summed E-state index contributed by atoms with van der Waals surface area (Å²) in [5.74, 6) is -2.17. The molecule has 0 aromatic heterocycles. The van der Waals surface area contributed by atoms with Crippen LogP contribution in [0.15, 0.2) is 17.1 Å². The van der Waals surface area contributed by atoms with Crippen molar-refractivity contribution in [2.75, 3.05) is 19.6 Å². The zero-order valence-corrected chi connectivity index (χ0v) is 22.1. The number of hydrogen-bond donors (Lipinski definition) is 0. The van der Waals surface area contributed by atoms with Crippen molar-refractivity contribution in [3.63, 3.8) is 0 Å². The molecule has 174 valence electrons. The first kappa shape index (κ1) is 32.7. The Labute approximate surface area is 219 Å². The minimum absolute atomic E-state index is 0. The second-order valence-corrected chi connectivity index (χ2v) is 8.00. The molecule has 0 N–H and O–H groups in total. The van der Waals surface area contributed by atoms with Gasteiger partial charge in [-0.2, -0.15) is 0 Å². The molecular weight excluding hydrogens is 420 g/mol. The molecule has 1 aliphatic heterocycles. The average molecular weight is 463 g/mol. The van der Waals surface area contributed by atoms with Crippen LogP contribution < -0.4 is 10.2 Å². The number of allylic oxidation sites excluding steroid dienone is 2. The minimum Gasteiger partial charge on any atom is -0.550 e. The van der Waals surface area contributed by atoms with E-state index in [4.69, 9.17) is 19.8 Å². The third-order valence-electron chi connectivity index (χ3n) is 5.14. The number of rotatable bonds is 1. The average Bonchev–Trinajstić information content (AvgIpc) is 2.77. The van der Waals surface area contributed by atoms with E-state index in [2.05, 4.69) is 28.3 Å². The fourth-order valence-electron chi connectivity index (χ4n) is 3.79. The van der Waals surface area contributed by atoms with Crippen molar-refractivity contribution in [3.05, 3.63) is 12.2 Å². The van der Waals surface area contributed by atoms with E-state index >= 15 is 0 Å². The second-order valence-electron chi connectivity index (χ2n) is 8.00. The van der Waals surface area contributed by atoms with E-state index < -0.39 is 11.9 Å². The quantitative estimate of drug-likeness (QED) is 0.441. The summed E-state index contributed by atoms with van der Waals surface area (Å²) in [6.45, 7) is 5.56. The van der Waals surface area contributed by atoms with Gasteiger partial charge in [-0.15, -0.1) is 0 Å². The van der Waals surface area contributed by atoms with Gasteiger partial charge in [0.2, 0.25) is 0 Å². The van der Waals surface area contributed by atoms with E-state index in [-0.39, 0.29) is 37.7 Å². The topological polar surface area (TPSA) is 95.9 Å². The van der Waals surface area contributed by atoms with Crippen molar-refractivity contribution in [1.29, 1.82) is 0 Å². The Morgan fingerprint density at radius 3 is 1.97 bits per heavy atom. The first-order chi connectivity index (χ1) is 14.4. The molecule has 0 amide bonds. The fraction of sp³-hybridized carbons (Fsp3) is 0.792. The fourth-order valence-corrected chi connectivity index (χ4v) is 3.79. The molecule has 0 spiro atoms. The van der Waals surface area contributed by atoms with Gasteiger partial charge in [-0.25, -0.2) is 0 Å². The molecule has 0 saturated heterocycles. The second kappa shape index (κ2) is 24.2. The van der Waals surface area contributed by atoms with E-state index in [1.54, 1.807) is 0 Å². The number of carbonyl (C=O) groups is 2. The molecule has 0 aromatic carbocycles. The van der Waals surface area contributed by atoms with Crippen molar-refractivity contribution in [3.8, 4) is 0 Å². The smallest absolute Gasteiger partial charge is 0.550 e. The van der Waals surface area contributed by atoms with Gasteiger partial charge in [-0.3, -0.25) is 4.99 Å². The number of carboxylic acids is 2. The normalized spacial score (nSPS) is 21.3. The van der Waals surface area contributed by atoms with Gasteiger partial charge in [0, 0.05) is 31.1 Å². The number of carboxylic acid groups (broad SMARTS) is 2. The molecule has 2 rings (SSSR count). The summed E-state index contributed by atoms with van der Waals surface area (Å²) in [7, 11) is 0. The molecule has 0 fully saturated rings. The number of nitrogens with zero attached hydrogens (tertiary/aromatic N) is 2. The standard InChI is InChI=1S/C20H36N2.2C2H4O2.Ca/c1-2-4-6-10-15-20(14-9-5-3-1)22-18-12-8-7-11-16-21-17-13-19-22;2*1-2(3)4;/h1,3,16,20H,2,4-15,17-19H2;2*1H3,(H,3,4);/q;;;+2/p-2. The first-order valence-corrected chi connectivity index (χ1v) is 11.7. The third kappa shape index (κ3) is 25.7. The van der Waals surface area contributed by atoms with E-state index in [9.17, 15) is 0 Å². The van der Waals surface area contributed by atoms with Crippen LogP contribution in [0.5, 0.6) is 0 Å². The molecule has 2 aliphatic rings. The Balaban J connectivity index is 0. The van der Waals surface area contributed by atoms with Gasteiger partial charge in [0.1, 0.15) is 0 Å². The molecule has 31 heavy (non-hydrogen) atoms. The molecule has 1 unspecified atom stereocenters. The molecule has 1 heterocycles. The summed E-state index contributed by atoms with van der Waals surface area (Å²) in [4.78, 5) is 25.2. The van der Waals surface area contributed by atoms with Crippen LogP contribution in [0.3, 0.4) is 0 Å². The molecule has 0 bridgehead atoms. The molecule has 1 atom stereocenters. The maximum atomic E-state index is 8.89. The van der Waals surface area contributed by atoms with E-state index in [1.165, 1.54) is 96.6 Å². The van der Waals surface area contributed by atoms with Gasteiger partial charge < -0.3 is 24.7 Å². The van der Waals surface area contributed by atoms with Crippen LogP contribution >= 0.6 is 0 Å². The minimum atomic E-state index is -1.08. The molecule has 0 radical (unpaired) electrons. The molecular formula is C24H42CaN2O4. The molecule has 1 aliphatic carbocycles. The predicted molar refractivity (Wildman–Crippen MR) is 125 cm³/mol. The maximum Gasteiger partial charge on any atom is 2.00 e. The van der Waals surface area contributed by atoms with Crippen LogP contribution in [-0.2, 0) is 9.59 Å². The maximum absolute atomic E-state index is 8.89. The first-order valence-electron chi connectivity index (χ1n) is 11.7. The van der Waals surface area contributed by atoms with Crippen molar-refractivity contribution in [1.82, 2.24) is 4.90 Å². The summed E-state index contributed by atoms with van der Waals surface area (Å²) in [6, 6.07) is 0.830. The molecule has 0 saturated carbocycles. The zero-order valence-electron chi connectivity index (χ0n) is 19.9. The SMILES string of the molecule is C1=CCCCC(N2CCCCCC=NCCC2)CCCCC1.CC(=O)[O-].CC(=O)[O-].[Ca+2]. The Kier molecular flexibility index (Phi) is 25.6. The van der Waals surface area contributed by atoms with Crippen LogP contribution in [0.2, 0.25) is 0 Å². The number of carbonyl (C=O) groups excluding carboxylic acids is 2. The zero-order chi connectivity index (χ0) is 22.5. The third-order valence-corrected chi connectivity index (χ3v) is 5.14. The Morgan fingerprint density at radius 1 is 0.774 bits per heavy atom. The van der Waals surface area contributed by atoms with E-state index in [0.717, 1.165) is 26.4 Å². The van der Waals surface area contributed by atoms with Crippen LogP contribution in [0, 0.1) is 0 Å². The molecule has 7 heteroatoms. The summed E-state index contributed by atoms with van der Waals surface area (Å²) < 4.78 is 0. The van der Waals surface area contributed by atoms with Gasteiger partial charge >= 0.3 is 37.7 Å². The molecule has 6 nitrogen and oxygen atoms in total. The van der Waals surface area contributed by atoms with Gasteiger partial charge in [0.15, 0.2) is 0 Å². The van der Waals surface area contributed by atoms with Gasteiger partial charge in [-0.05, 0) is 90.8 Å². The van der Waals surface area contributed by atoms with Gasteiger partial charge in [0.05, 0.1) is 0 Å². The van der Waals surface area contributed by atoms with Crippen molar-refractivity contribution in [2.24, 2.45) is 4.99 Å². The summed E-state index contributed by atoms with van der Waals surface area (Å²) in [5.41, 5.74) is 0. The van der Waals surface area contributed by atoms with Crippen LogP contribution in [0.25, 0.3) is 0 Å². The van der Waals surface area contributed by atoms with Gasteiger partial charge in [-0.1, -0.05) is 31.4 Å². The summed E-state index contributed by atoms with van der Waals surface area (Å²) in [6.07, 6.45) is 24.5. The Morgan fingerprint density at radius 2 is 1.29 bits per heavy atom. The number of hydrogen-bond acceptors (Lipinski definition) is 6. The number of aliphatic imine (C=N–C) groups is 1.